The molecule has 41 heavy (non-hydrogen) atoms. The molecule has 3 aromatic carbocycles. The predicted molar refractivity (Wildman–Crippen MR) is 143 cm³/mol. The molecule has 3 amide bonds. The molecule has 0 atom stereocenters. The molecule has 7 nitrogen and oxygen atoms in total. The molecule has 0 fully saturated rings. The van der Waals surface area contributed by atoms with Crippen LogP contribution in [0, 0.1) is 0 Å². The molecule has 0 aliphatic carbocycles. The van der Waals surface area contributed by atoms with Crippen LogP contribution in [-0.2, 0) is 17.1 Å². The third-order valence-electron chi connectivity index (χ3n) is 5.98. The highest BCUT2D eigenvalue weighted by Crippen LogP contribution is 2.38. The number of aromatic nitrogens is 1. The van der Waals surface area contributed by atoms with E-state index in [2.05, 4.69) is 20.9 Å². The zero-order valence-corrected chi connectivity index (χ0v) is 20.7. The summed E-state index contributed by atoms with van der Waals surface area (Å²) in [6, 6.07) is 14.9. The van der Waals surface area contributed by atoms with E-state index in [9.17, 15) is 35.9 Å². The molecule has 0 saturated heterocycles. The fourth-order valence-corrected chi connectivity index (χ4v) is 4.17. The van der Waals surface area contributed by atoms with Gasteiger partial charge in [0.15, 0.2) is 0 Å². The van der Waals surface area contributed by atoms with Gasteiger partial charge in [-0.25, -0.2) is 4.79 Å². The van der Waals surface area contributed by atoms with Crippen molar-refractivity contribution in [3.8, 4) is 0 Å². The number of urea groups is 1. The average molecular weight is 571 g/mol. The second-order valence-corrected chi connectivity index (χ2v) is 8.98. The Hall–Kier alpha value is -5.20. The SMILES string of the molecule is O=C(Nc1cccc(Nc2ccc3c(c2)NC(=O)/C3=C\c2ccc[nH]2)c1)Nc1cc(C(F)(F)F)cc(C(F)(F)F)c1. The first kappa shape index (κ1) is 27.4. The van der Waals surface area contributed by atoms with E-state index >= 15 is 0 Å². The lowest BCUT2D eigenvalue weighted by Gasteiger charge is -2.15. The summed E-state index contributed by atoms with van der Waals surface area (Å²) in [5.74, 6) is -0.257. The van der Waals surface area contributed by atoms with E-state index in [1.807, 2.05) is 17.4 Å². The smallest absolute Gasteiger partial charge is 0.362 e. The van der Waals surface area contributed by atoms with E-state index in [1.54, 1.807) is 42.6 Å². The summed E-state index contributed by atoms with van der Waals surface area (Å²) in [6.07, 6.45) is -6.62. The van der Waals surface area contributed by atoms with Gasteiger partial charge < -0.3 is 26.3 Å². The fourth-order valence-electron chi connectivity index (χ4n) is 4.17. The molecule has 13 heteroatoms. The molecule has 0 radical (unpaired) electrons. The summed E-state index contributed by atoms with van der Waals surface area (Å²) < 4.78 is 78.6. The third-order valence-corrected chi connectivity index (χ3v) is 5.98. The van der Waals surface area contributed by atoms with Crippen molar-refractivity contribution in [3.63, 3.8) is 0 Å². The van der Waals surface area contributed by atoms with Gasteiger partial charge in [0.2, 0.25) is 0 Å². The van der Waals surface area contributed by atoms with Crippen LogP contribution >= 0.6 is 0 Å². The van der Waals surface area contributed by atoms with E-state index in [0.717, 1.165) is 5.69 Å². The molecule has 1 aliphatic rings. The molecule has 1 aromatic heterocycles. The number of benzene rings is 3. The first-order valence-electron chi connectivity index (χ1n) is 11.9. The number of rotatable bonds is 5. The first-order valence-corrected chi connectivity index (χ1v) is 11.9. The van der Waals surface area contributed by atoms with Crippen LogP contribution in [0.25, 0.3) is 11.6 Å². The van der Waals surface area contributed by atoms with E-state index in [1.165, 1.54) is 12.1 Å². The monoisotopic (exact) mass is 571 g/mol. The molecular formula is C28H19F6N5O2. The predicted octanol–water partition coefficient (Wildman–Crippen LogP) is 7.93. The number of aromatic amines is 1. The van der Waals surface area contributed by atoms with Gasteiger partial charge in [-0.15, -0.1) is 0 Å². The number of alkyl halides is 6. The van der Waals surface area contributed by atoms with Crippen LogP contribution in [0.5, 0.6) is 0 Å². The molecule has 0 saturated carbocycles. The first-order chi connectivity index (χ1) is 19.3. The van der Waals surface area contributed by atoms with Crippen LogP contribution in [0.15, 0.2) is 79.0 Å². The number of fused-ring (bicyclic) bond motifs is 1. The Labute approximate surface area is 228 Å². The molecular weight excluding hydrogens is 552 g/mol. The standard InChI is InChI=1S/C28H19F6N5O2/c29-27(30,31)15-9-16(28(32,33)34)11-21(10-15)38-26(41)37-19-4-1-3-18(12-19)36-20-6-7-22-23(13-17-5-2-8-35-17)25(40)39-24(22)14-20/h1-14,35-36H,(H,39,40)(H2,37,38,41)/b23-13-. The number of hydrogen-bond acceptors (Lipinski definition) is 3. The minimum atomic E-state index is -5.05. The Morgan fingerprint density at radius 1 is 0.732 bits per heavy atom. The second kappa shape index (κ2) is 10.4. The van der Waals surface area contributed by atoms with Crippen LogP contribution < -0.4 is 21.3 Å². The van der Waals surface area contributed by atoms with Crippen LogP contribution in [0.3, 0.4) is 0 Å². The highest BCUT2D eigenvalue weighted by atomic mass is 19.4. The van der Waals surface area contributed by atoms with E-state index in [-0.39, 0.29) is 17.7 Å². The molecule has 5 N–H and O–H groups in total. The molecule has 5 rings (SSSR count). The van der Waals surface area contributed by atoms with Crippen molar-refractivity contribution in [1.29, 1.82) is 0 Å². The number of nitrogens with one attached hydrogen (secondary N) is 5. The van der Waals surface area contributed by atoms with Gasteiger partial charge in [-0.3, -0.25) is 4.79 Å². The van der Waals surface area contributed by atoms with E-state index in [4.69, 9.17) is 0 Å². The third kappa shape index (κ3) is 6.35. The summed E-state index contributed by atoms with van der Waals surface area (Å²) in [5, 5.41) is 10.3. The Balaban J connectivity index is 1.29. The number of carbonyl (C=O) groups excluding carboxylic acids is 2. The van der Waals surface area contributed by atoms with Gasteiger partial charge in [0.25, 0.3) is 5.91 Å². The summed E-state index contributed by atoms with van der Waals surface area (Å²) in [6.45, 7) is 0. The number of hydrogen-bond donors (Lipinski definition) is 5. The van der Waals surface area contributed by atoms with Gasteiger partial charge >= 0.3 is 18.4 Å². The van der Waals surface area contributed by atoms with Crippen LogP contribution in [0.1, 0.15) is 22.4 Å². The summed E-state index contributed by atoms with van der Waals surface area (Å²) >= 11 is 0. The molecule has 210 valence electrons. The second-order valence-electron chi connectivity index (χ2n) is 8.98. The molecule has 0 bridgehead atoms. The highest BCUT2D eigenvalue weighted by molar-refractivity contribution is 6.35. The highest BCUT2D eigenvalue weighted by Gasteiger charge is 2.37. The number of anilines is 5. The van der Waals surface area contributed by atoms with Crippen molar-refractivity contribution >= 4 is 52.0 Å². The van der Waals surface area contributed by atoms with Crippen LogP contribution in [0.4, 0.5) is 59.6 Å². The lowest BCUT2D eigenvalue weighted by molar-refractivity contribution is -0.143. The lowest BCUT2D eigenvalue weighted by atomic mass is 10.1. The van der Waals surface area contributed by atoms with Gasteiger partial charge in [0.05, 0.1) is 22.4 Å². The number of halogens is 6. The molecule has 1 aliphatic heterocycles. The summed E-state index contributed by atoms with van der Waals surface area (Å²) in [4.78, 5) is 27.9. The summed E-state index contributed by atoms with van der Waals surface area (Å²) in [5.41, 5.74) is 0.114. The van der Waals surface area contributed by atoms with E-state index in [0.29, 0.717) is 40.3 Å². The quantitative estimate of drug-likeness (QED) is 0.124. The van der Waals surface area contributed by atoms with Crippen molar-refractivity contribution in [2.75, 3.05) is 21.3 Å². The Kier molecular flexibility index (Phi) is 6.95. The lowest BCUT2D eigenvalue weighted by Crippen LogP contribution is -2.20. The zero-order chi connectivity index (χ0) is 29.4. The van der Waals surface area contributed by atoms with Gasteiger partial charge in [0.1, 0.15) is 0 Å². The van der Waals surface area contributed by atoms with Gasteiger partial charge in [-0.1, -0.05) is 12.1 Å². The Morgan fingerprint density at radius 2 is 1.39 bits per heavy atom. The number of carbonyl (C=O) groups is 2. The number of H-pyrrole nitrogens is 1. The molecule has 4 aromatic rings. The fraction of sp³-hybridized carbons (Fsp3) is 0.0714. The molecule has 0 unspecified atom stereocenters. The summed E-state index contributed by atoms with van der Waals surface area (Å²) in [7, 11) is 0. The van der Waals surface area contributed by atoms with Crippen LogP contribution in [-0.4, -0.2) is 16.9 Å². The van der Waals surface area contributed by atoms with Crippen molar-refractivity contribution in [2.45, 2.75) is 12.4 Å². The maximum absolute atomic E-state index is 13.1. The molecule has 2 heterocycles. The minimum absolute atomic E-state index is 0.0262. The van der Waals surface area contributed by atoms with Gasteiger partial charge in [-0.05, 0) is 66.7 Å². The van der Waals surface area contributed by atoms with Crippen molar-refractivity contribution in [1.82, 2.24) is 4.98 Å². The van der Waals surface area contributed by atoms with E-state index < -0.39 is 35.2 Å². The average Bonchev–Trinajstić information content (AvgIpc) is 3.50. The number of amides is 3. The van der Waals surface area contributed by atoms with Gasteiger partial charge in [-0.2, -0.15) is 26.3 Å². The Morgan fingerprint density at radius 3 is 2.05 bits per heavy atom. The maximum Gasteiger partial charge on any atom is 0.416 e. The maximum atomic E-state index is 13.1. The molecule has 0 spiro atoms. The van der Waals surface area contributed by atoms with Gasteiger partial charge in [0, 0.05) is 40.2 Å². The van der Waals surface area contributed by atoms with Crippen molar-refractivity contribution in [3.05, 3.63) is 101 Å². The largest absolute Gasteiger partial charge is 0.416 e. The zero-order valence-electron chi connectivity index (χ0n) is 20.7. The minimum Gasteiger partial charge on any atom is -0.362 e. The van der Waals surface area contributed by atoms with Crippen molar-refractivity contribution in [2.24, 2.45) is 0 Å². The Bertz CT molecular complexity index is 1630. The van der Waals surface area contributed by atoms with Crippen molar-refractivity contribution < 1.29 is 35.9 Å². The normalized spacial score (nSPS) is 14.0. The van der Waals surface area contributed by atoms with Crippen LogP contribution in [0.2, 0.25) is 0 Å². The topological polar surface area (TPSA) is 98.1 Å².